The molecule has 202 valence electrons. The fourth-order valence-corrected chi connectivity index (χ4v) is 5.33. The number of allylic oxidation sites excluding steroid dienone is 4. The number of rotatable bonds is 17. The molecule has 1 atom stereocenters. The van der Waals surface area contributed by atoms with Crippen molar-refractivity contribution in [2.75, 3.05) is 13.6 Å². The predicted molar refractivity (Wildman–Crippen MR) is 162 cm³/mol. The van der Waals surface area contributed by atoms with Crippen LogP contribution < -0.4 is 4.74 Å². The summed E-state index contributed by atoms with van der Waals surface area (Å²) in [7, 11) is 14.5. The Morgan fingerprint density at radius 3 is 2.50 bits per heavy atom. The van der Waals surface area contributed by atoms with E-state index >= 15 is 0 Å². The van der Waals surface area contributed by atoms with Gasteiger partial charge in [-0.25, -0.2) is 0 Å². The Kier molecular flexibility index (Phi) is 12.8. The number of ether oxygens (including phenoxy) is 1. The van der Waals surface area contributed by atoms with Gasteiger partial charge >= 0.3 is 5.97 Å². The van der Waals surface area contributed by atoms with Crippen molar-refractivity contribution < 1.29 is 9.53 Å². The zero-order valence-electron chi connectivity index (χ0n) is 23.7. The number of aromatic nitrogens is 1. The maximum absolute atomic E-state index is 12.6. The van der Waals surface area contributed by atoms with E-state index in [4.69, 9.17) is 20.4 Å². The van der Waals surface area contributed by atoms with Crippen LogP contribution in [0.1, 0.15) is 96.0 Å². The number of nitrogens with one attached hydrogen (secondary N) is 1. The molecular formula is C32H46B2N2O2. The van der Waals surface area contributed by atoms with Crippen LogP contribution in [0.25, 0.3) is 10.9 Å². The molecule has 1 aliphatic heterocycles. The highest BCUT2D eigenvalue weighted by Gasteiger charge is 2.23. The third kappa shape index (κ3) is 10.2. The summed E-state index contributed by atoms with van der Waals surface area (Å²) in [6, 6.07) is 6.47. The van der Waals surface area contributed by atoms with Crippen LogP contribution in [0, 0.1) is 0 Å². The minimum absolute atomic E-state index is 0.143. The van der Waals surface area contributed by atoms with Crippen molar-refractivity contribution in [3.63, 3.8) is 0 Å². The number of hydrogen-bond acceptors (Lipinski definition) is 3. The molecule has 4 radical (unpaired) electrons. The third-order valence-corrected chi connectivity index (χ3v) is 7.64. The molecule has 4 nitrogen and oxygen atoms in total. The number of H-pyrrole nitrogens is 1. The van der Waals surface area contributed by atoms with Gasteiger partial charge in [-0.2, -0.15) is 0 Å². The number of likely N-dealkylation sites (N-methyl/N-ethyl adjacent to an activating group) is 1. The predicted octanol–water partition coefficient (Wildman–Crippen LogP) is 7.59. The van der Waals surface area contributed by atoms with E-state index in [9.17, 15) is 4.79 Å². The number of hydrogen-bond donors (Lipinski definition) is 1. The number of benzene rings is 1. The Morgan fingerprint density at radius 1 is 1.08 bits per heavy atom. The van der Waals surface area contributed by atoms with E-state index in [-0.39, 0.29) is 5.97 Å². The first-order valence-corrected chi connectivity index (χ1v) is 14.8. The molecule has 0 unspecified atom stereocenters. The largest absolute Gasteiger partial charge is 0.426 e. The van der Waals surface area contributed by atoms with E-state index in [2.05, 4.69) is 48.3 Å². The van der Waals surface area contributed by atoms with Crippen LogP contribution in [0.5, 0.6) is 5.75 Å². The van der Waals surface area contributed by atoms with Gasteiger partial charge in [0.15, 0.2) is 0 Å². The van der Waals surface area contributed by atoms with Gasteiger partial charge in [-0.1, -0.05) is 74.6 Å². The Bertz CT molecular complexity index is 1040. The van der Waals surface area contributed by atoms with Crippen molar-refractivity contribution in [3.8, 4) is 5.75 Å². The zero-order valence-corrected chi connectivity index (χ0v) is 23.7. The van der Waals surface area contributed by atoms with E-state index in [1.165, 1.54) is 37.7 Å². The lowest BCUT2D eigenvalue weighted by Crippen LogP contribution is -2.26. The van der Waals surface area contributed by atoms with Crippen molar-refractivity contribution >= 4 is 32.6 Å². The van der Waals surface area contributed by atoms with Crippen molar-refractivity contribution in [2.45, 2.75) is 108 Å². The van der Waals surface area contributed by atoms with Gasteiger partial charge in [0.25, 0.3) is 0 Å². The van der Waals surface area contributed by atoms with E-state index in [0.29, 0.717) is 18.2 Å². The van der Waals surface area contributed by atoms with Gasteiger partial charge in [-0.05, 0) is 82.7 Å². The molecule has 1 saturated heterocycles. The summed E-state index contributed by atoms with van der Waals surface area (Å²) in [5.74, 6) is 0.540. The molecular weight excluding hydrogens is 466 g/mol. The number of esters is 1. The van der Waals surface area contributed by atoms with Gasteiger partial charge in [-0.15, -0.1) is 0 Å². The summed E-state index contributed by atoms with van der Waals surface area (Å²) in [4.78, 5) is 18.4. The lowest BCUT2D eigenvalue weighted by molar-refractivity contribution is -0.134. The first-order chi connectivity index (χ1) is 18.4. The molecule has 2 aromatic rings. The molecule has 0 saturated carbocycles. The second-order valence-electron chi connectivity index (χ2n) is 11.1. The normalized spacial score (nSPS) is 16.8. The number of carbonyl (C=O) groups excluding carboxylic acids is 1. The van der Waals surface area contributed by atoms with E-state index in [1.807, 2.05) is 24.3 Å². The average Bonchev–Trinajstić information content (AvgIpc) is 3.49. The number of fused-ring (bicyclic) bond motifs is 1. The first kappa shape index (κ1) is 30.3. The Labute approximate surface area is 233 Å². The van der Waals surface area contributed by atoms with Crippen LogP contribution in [0.2, 0.25) is 5.21 Å². The number of likely N-dealkylation sites (tertiary alicyclic amines) is 1. The number of unbranched alkanes of at least 4 members (excludes halogenated alkanes) is 8. The number of carbonyl (C=O) groups is 1. The summed E-state index contributed by atoms with van der Waals surface area (Å²) >= 11 is 0. The van der Waals surface area contributed by atoms with Gasteiger partial charge in [0.05, 0.1) is 15.7 Å². The van der Waals surface area contributed by atoms with E-state index in [1.54, 1.807) is 0 Å². The molecule has 3 rings (SSSR count). The summed E-state index contributed by atoms with van der Waals surface area (Å²) < 4.78 is 5.85. The third-order valence-electron chi connectivity index (χ3n) is 7.64. The summed E-state index contributed by atoms with van der Waals surface area (Å²) in [6.45, 7) is 3.36. The summed E-state index contributed by atoms with van der Waals surface area (Å²) in [5.41, 5.74) is 2.27. The van der Waals surface area contributed by atoms with Crippen molar-refractivity contribution in [2.24, 2.45) is 0 Å². The fourth-order valence-electron chi connectivity index (χ4n) is 5.33. The van der Waals surface area contributed by atoms with Crippen LogP contribution in [0.3, 0.4) is 0 Å². The molecule has 1 fully saturated rings. The van der Waals surface area contributed by atoms with E-state index < -0.39 is 5.21 Å². The van der Waals surface area contributed by atoms with Crippen LogP contribution >= 0.6 is 0 Å². The molecule has 0 spiro atoms. The number of aromatic amines is 1. The standard InChI is InChI=1S/C32H46B2N2O2/c1-3-4-5-10-13-21-32(33,34)22-14-11-8-6-7-9-12-20-30(37)38-29-19-15-18-28-31(29)26(25-35-28)24-27-17-16-23-36(27)2/h13-15,18-19,21-22,25,27,35H,3-12,16-17,20,23-24H2,1-2H3/b21-13-,22-14-/t27-/m1/s1. The van der Waals surface area contributed by atoms with Gasteiger partial charge in [0.2, 0.25) is 0 Å². The SMILES string of the molecule is [B]C([B])(/C=C\CCCCC)/C=C\CCCCCCCC(=O)Oc1cccc2[nH]cc(C[C@H]3CCCN3C)c12. The van der Waals surface area contributed by atoms with Crippen molar-refractivity contribution in [1.82, 2.24) is 9.88 Å². The first-order valence-electron chi connectivity index (χ1n) is 14.8. The highest BCUT2D eigenvalue weighted by atomic mass is 16.5. The minimum atomic E-state index is -0.856. The van der Waals surface area contributed by atoms with Crippen LogP contribution in [-0.2, 0) is 11.2 Å². The van der Waals surface area contributed by atoms with Gasteiger partial charge in [0.1, 0.15) is 5.75 Å². The maximum atomic E-state index is 12.6. The lowest BCUT2D eigenvalue weighted by Gasteiger charge is -2.19. The van der Waals surface area contributed by atoms with Gasteiger partial charge < -0.3 is 14.6 Å². The Hall–Kier alpha value is -2.20. The molecule has 2 heterocycles. The molecule has 1 aliphatic rings. The maximum Gasteiger partial charge on any atom is 0.311 e. The average molecular weight is 512 g/mol. The van der Waals surface area contributed by atoms with Gasteiger partial charge in [-0.3, -0.25) is 4.79 Å². The highest BCUT2D eigenvalue weighted by molar-refractivity contribution is 6.42. The molecule has 1 aromatic heterocycles. The van der Waals surface area contributed by atoms with Crippen molar-refractivity contribution in [3.05, 3.63) is 54.3 Å². The molecule has 0 amide bonds. The molecule has 1 N–H and O–H groups in total. The second-order valence-corrected chi connectivity index (χ2v) is 11.1. The lowest BCUT2D eigenvalue weighted by atomic mass is 9.54. The van der Waals surface area contributed by atoms with E-state index in [0.717, 1.165) is 68.8 Å². The monoisotopic (exact) mass is 512 g/mol. The summed E-state index contributed by atoms with van der Waals surface area (Å²) in [6.07, 6.45) is 24.9. The zero-order chi connectivity index (χ0) is 27.2. The minimum Gasteiger partial charge on any atom is -0.426 e. The molecule has 38 heavy (non-hydrogen) atoms. The summed E-state index contributed by atoms with van der Waals surface area (Å²) in [5, 5.41) is 0.199. The smallest absolute Gasteiger partial charge is 0.311 e. The van der Waals surface area contributed by atoms with Gasteiger partial charge in [0, 0.05) is 29.6 Å². The fraction of sp³-hybridized carbons (Fsp3) is 0.594. The quantitative estimate of drug-likeness (QED) is 0.0781. The van der Waals surface area contributed by atoms with Crippen LogP contribution in [0.15, 0.2) is 48.7 Å². The number of nitrogens with zero attached hydrogens (tertiary/aromatic N) is 1. The van der Waals surface area contributed by atoms with Crippen LogP contribution in [-0.4, -0.2) is 51.2 Å². The molecule has 0 bridgehead atoms. The van der Waals surface area contributed by atoms with Crippen LogP contribution in [0.4, 0.5) is 0 Å². The molecule has 6 heteroatoms. The second kappa shape index (κ2) is 16.0. The Balaban J connectivity index is 1.32. The highest BCUT2D eigenvalue weighted by Crippen LogP contribution is 2.32. The molecule has 1 aromatic carbocycles. The molecule has 0 aliphatic carbocycles. The van der Waals surface area contributed by atoms with Crippen molar-refractivity contribution in [1.29, 1.82) is 0 Å². The Morgan fingerprint density at radius 2 is 1.79 bits per heavy atom. The topological polar surface area (TPSA) is 45.3 Å².